The Morgan fingerprint density at radius 1 is 0.970 bits per heavy atom. The molecule has 9 nitrogen and oxygen atoms in total. The predicted octanol–water partition coefficient (Wildman–Crippen LogP) is 4.77. The minimum Gasteiger partial charge on any atom is -0.503 e. The van der Waals surface area contributed by atoms with Gasteiger partial charge in [-0.25, -0.2) is 10.1 Å². The van der Waals surface area contributed by atoms with Crippen molar-refractivity contribution >= 4 is 33.2 Å². The lowest BCUT2D eigenvalue weighted by Crippen LogP contribution is -2.18. The maximum absolute atomic E-state index is 12.3. The molecule has 0 aromatic carbocycles. The third-order valence-corrected chi connectivity index (χ3v) is 7.42. The van der Waals surface area contributed by atoms with Gasteiger partial charge >= 0.3 is 7.75 Å². The first kappa shape index (κ1) is 29.7. The number of rotatable bonds is 17. The molecule has 0 aliphatic carbocycles. The molecule has 1 heterocycles. The lowest BCUT2D eigenvalue weighted by molar-refractivity contribution is -0.124. The fraction of sp³-hybridized carbons (Fsp3) is 0.727. The zero-order valence-electron chi connectivity index (χ0n) is 20.2. The normalized spacial score (nSPS) is 14.4. The van der Waals surface area contributed by atoms with Crippen molar-refractivity contribution in [2.75, 3.05) is 18.9 Å². The fourth-order valence-electron chi connectivity index (χ4n) is 3.14. The molecule has 6 N–H and O–H groups in total. The van der Waals surface area contributed by atoms with Gasteiger partial charge in [0.05, 0.1) is 18.9 Å². The van der Waals surface area contributed by atoms with Crippen LogP contribution in [-0.4, -0.2) is 34.8 Å². The van der Waals surface area contributed by atoms with Gasteiger partial charge in [0.25, 0.3) is 0 Å². The van der Waals surface area contributed by atoms with Crippen LogP contribution in [0.15, 0.2) is 5.80 Å². The molecule has 0 bridgehead atoms. The van der Waals surface area contributed by atoms with E-state index in [4.69, 9.17) is 25.4 Å². The maximum Gasteiger partial charge on any atom is 0.400 e. The van der Waals surface area contributed by atoms with Gasteiger partial charge in [0.1, 0.15) is 11.6 Å². The quantitative estimate of drug-likeness (QED) is 0.218. The molecule has 2 unspecified atom stereocenters. The molecule has 2 atom stereocenters. The van der Waals surface area contributed by atoms with Gasteiger partial charge < -0.3 is 20.5 Å². The topological polar surface area (TPSA) is 162 Å². The highest BCUT2D eigenvalue weighted by Gasteiger charge is 2.23. The number of Topliss-reactive ketones (excluding diaryl/α,β-unsaturated/α-hetero) is 2. The van der Waals surface area contributed by atoms with Crippen LogP contribution in [-0.2, 0) is 18.7 Å². The second kappa shape index (κ2) is 12.9. The smallest absolute Gasteiger partial charge is 0.400 e. The number of nitrogen functional groups attached to an aromatic ring is 1. The highest BCUT2D eigenvalue weighted by Crippen LogP contribution is 2.43. The van der Waals surface area contributed by atoms with Crippen molar-refractivity contribution < 1.29 is 33.4 Å². The van der Waals surface area contributed by atoms with Gasteiger partial charge in [-0.05, 0) is 42.3 Å². The van der Waals surface area contributed by atoms with Gasteiger partial charge in [-0.3, -0.25) is 14.1 Å². The molecular weight excluding hydrogens is 466 g/mol. The summed E-state index contributed by atoms with van der Waals surface area (Å²) in [5, 5.41) is 9.78. The first-order chi connectivity index (χ1) is 15.1. The van der Waals surface area contributed by atoms with Gasteiger partial charge in [-0.2, -0.15) is 0 Å². The highest BCUT2D eigenvalue weighted by molar-refractivity contribution is 7.50. The van der Waals surface area contributed by atoms with Crippen molar-refractivity contribution in [2.45, 2.75) is 79.1 Å². The standard InChI is InChI=1S/C22H40N2O7P2/c1-21(2,11-13-30-20-19(27)18(23)15-32-20)9-7-16(25)5-6-17(26)8-10-22(3,4)12-14-31-33(24,28)29/h15,27,32H,5-14,23H2,1-4H3,(H3,24,28,29). The monoisotopic (exact) mass is 506 g/mol. The highest BCUT2D eigenvalue weighted by atomic mass is 31.2. The Morgan fingerprint density at radius 2 is 1.45 bits per heavy atom. The third-order valence-electron chi connectivity index (χ3n) is 5.77. The van der Waals surface area contributed by atoms with Crippen LogP contribution < -0.4 is 16.0 Å². The van der Waals surface area contributed by atoms with Gasteiger partial charge in [0.15, 0.2) is 11.2 Å². The number of hydrogen-bond acceptors (Lipinski definition) is 7. The summed E-state index contributed by atoms with van der Waals surface area (Å²) < 4.78 is 21.3. The average Bonchev–Trinajstić information content (AvgIpc) is 3.00. The Hall–Kier alpha value is -1.37. The fourth-order valence-corrected chi connectivity index (χ4v) is 4.38. The molecule has 1 aromatic heterocycles. The van der Waals surface area contributed by atoms with Crippen LogP contribution in [0.2, 0.25) is 0 Å². The first-order valence-electron chi connectivity index (χ1n) is 11.2. The van der Waals surface area contributed by atoms with Crippen LogP contribution in [0.5, 0.6) is 11.2 Å². The summed E-state index contributed by atoms with van der Waals surface area (Å²) in [7, 11) is -3.73. The lowest BCUT2D eigenvalue weighted by atomic mass is 9.83. The molecule has 11 heteroatoms. The Balaban J connectivity index is 2.24. The minimum absolute atomic E-state index is 0.0224. The van der Waals surface area contributed by atoms with E-state index in [2.05, 4.69) is 13.8 Å². The van der Waals surface area contributed by atoms with Crippen molar-refractivity contribution in [3.8, 4) is 11.2 Å². The minimum atomic E-state index is -3.98. The van der Waals surface area contributed by atoms with Gasteiger partial charge in [0.2, 0.25) is 0 Å². The predicted molar refractivity (Wildman–Crippen MR) is 132 cm³/mol. The van der Waals surface area contributed by atoms with Crippen molar-refractivity contribution in [1.29, 1.82) is 0 Å². The number of anilines is 1. The Kier molecular flexibility index (Phi) is 11.6. The van der Waals surface area contributed by atoms with E-state index in [1.165, 1.54) is 0 Å². The Labute approximate surface area is 198 Å². The number of hydrogen-bond donors (Lipinski definition) is 4. The van der Waals surface area contributed by atoms with E-state index in [1.807, 2.05) is 13.8 Å². The largest absolute Gasteiger partial charge is 0.503 e. The lowest BCUT2D eigenvalue weighted by Gasteiger charge is -2.24. The molecule has 33 heavy (non-hydrogen) atoms. The van der Waals surface area contributed by atoms with Gasteiger partial charge in [-0.15, -0.1) is 0 Å². The van der Waals surface area contributed by atoms with Crippen LogP contribution in [0, 0.1) is 10.8 Å². The molecule has 0 fully saturated rings. The number of nitrogens with two attached hydrogens (primary N) is 2. The molecule has 190 valence electrons. The summed E-state index contributed by atoms with van der Waals surface area (Å²) in [5.41, 5.74) is 11.1. The van der Waals surface area contributed by atoms with E-state index in [1.54, 1.807) is 5.80 Å². The second-order valence-corrected chi connectivity index (χ2v) is 12.5. The Bertz CT molecular complexity index is 831. The summed E-state index contributed by atoms with van der Waals surface area (Å²) in [6.45, 7) is 8.53. The summed E-state index contributed by atoms with van der Waals surface area (Å²) in [5.74, 6) is 1.87. The molecule has 0 aliphatic heterocycles. The van der Waals surface area contributed by atoms with Crippen LogP contribution in [0.4, 0.5) is 5.69 Å². The third kappa shape index (κ3) is 13.2. The van der Waals surface area contributed by atoms with E-state index < -0.39 is 7.75 Å². The first-order valence-corrected chi connectivity index (χ1v) is 13.9. The molecule has 1 rings (SSSR count). The van der Waals surface area contributed by atoms with Crippen LogP contribution >= 0.6 is 15.9 Å². The van der Waals surface area contributed by atoms with Crippen molar-refractivity contribution in [2.24, 2.45) is 16.3 Å². The second-order valence-electron chi connectivity index (χ2n) is 10.1. The summed E-state index contributed by atoms with van der Waals surface area (Å²) >= 11 is 0. The van der Waals surface area contributed by atoms with Gasteiger partial charge in [0, 0.05) is 25.7 Å². The molecule has 0 saturated carbocycles. The van der Waals surface area contributed by atoms with Crippen molar-refractivity contribution in [3.63, 3.8) is 0 Å². The number of ketones is 2. The number of carbonyl (C=O) groups is 2. The molecule has 0 radical (unpaired) electrons. The molecule has 1 aromatic rings. The van der Waals surface area contributed by atoms with Crippen LogP contribution in [0.1, 0.15) is 79.1 Å². The molecular formula is C22H40N2O7P2. The maximum atomic E-state index is 12.3. The van der Waals surface area contributed by atoms with E-state index >= 15 is 0 Å². The zero-order chi connectivity index (χ0) is 25.3. The van der Waals surface area contributed by atoms with Crippen molar-refractivity contribution in [3.05, 3.63) is 5.80 Å². The number of ether oxygens (including phenoxy) is 1. The Morgan fingerprint density at radius 3 is 1.88 bits per heavy atom. The SMILES string of the molecule is CC(C)(CCOc1[pH]cc(N)c1O)CCC(=O)CCC(=O)CCC(C)(C)CCOP(N)(=O)O. The van der Waals surface area contributed by atoms with E-state index in [-0.39, 0.29) is 55.8 Å². The number of carbonyl (C=O) groups excluding carboxylic acids is 2. The van der Waals surface area contributed by atoms with Crippen LogP contribution in [0.3, 0.4) is 0 Å². The van der Waals surface area contributed by atoms with Gasteiger partial charge in [-0.1, -0.05) is 35.9 Å². The molecule has 0 amide bonds. The molecule has 0 saturated heterocycles. The number of aromatic hydroxyl groups is 1. The zero-order valence-corrected chi connectivity index (χ0v) is 22.1. The molecule has 0 aliphatic rings. The summed E-state index contributed by atoms with van der Waals surface area (Å²) in [6.07, 6.45) is 3.76. The molecule has 0 spiro atoms. The van der Waals surface area contributed by atoms with E-state index in [9.17, 15) is 19.3 Å². The summed E-state index contributed by atoms with van der Waals surface area (Å²) in [6, 6.07) is 0. The van der Waals surface area contributed by atoms with Crippen LogP contribution in [0.25, 0.3) is 0 Å². The summed E-state index contributed by atoms with van der Waals surface area (Å²) in [4.78, 5) is 33.4. The van der Waals surface area contributed by atoms with E-state index in [0.717, 1.165) is 6.42 Å². The van der Waals surface area contributed by atoms with E-state index in [0.29, 0.717) is 49.9 Å². The van der Waals surface area contributed by atoms with Crippen molar-refractivity contribution in [1.82, 2.24) is 0 Å². The average molecular weight is 507 g/mol.